The minimum Gasteiger partial charge on any atom is -0.494 e. The highest BCUT2D eigenvalue weighted by molar-refractivity contribution is 7.99. The average Bonchev–Trinajstić information content (AvgIpc) is 3.24. The molecule has 0 aliphatic rings. The Bertz CT molecular complexity index is 991. The molecule has 0 unspecified atom stereocenters. The van der Waals surface area contributed by atoms with Gasteiger partial charge in [-0.25, -0.2) is 0 Å². The summed E-state index contributed by atoms with van der Waals surface area (Å²) in [5.41, 5.74) is 1.33. The Morgan fingerprint density at radius 1 is 0.935 bits per heavy atom. The SMILES string of the molecule is CCOc1ccc(-c2nnc(SCC(=O)Nc3cc(OCC)ccc3OCC)o2)cc1. The van der Waals surface area contributed by atoms with Crippen molar-refractivity contribution in [2.24, 2.45) is 0 Å². The van der Waals surface area contributed by atoms with E-state index < -0.39 is 0 Å². The molecule has 0 fully saturated rings. The maximum absolute atomic E-state index is 12.5. The number of nitrogens with zero attached hydrogens (tertiary/aromatic N) is 2. The number of carbonyl (C=O) groups excluding carboxylic acids is 1. The number of hydrogen-bond acceptors (Lipinski definition) is 8. The Kier molecular flexibility index (Phi) is 8.17. The van der Waals surface area contributed by atoms with Crippen molar-refractivity contribution in [3.8, 4) is 28.7 Å². The van der Waals surface area contributed by atoms with Gasteiger partial charge in [0.05, 0.1) is 31.3 Å². The number of ether oxygens (including phenoxy) is 3. The number of anilines is 1. The number of nitrogens with one attached hydrogen (secondary N) is 1. The summed E-state index contributed by atoms with van der Waals surface area (Å²) in [6, 6.07) is 12.7. The Hall–Kier alpha value is -3.20. The third-order valence-corrected chi connectivity index (χ3v) is 4.80. The van der Waals surface area contributed by atoms with Crippen LogP contribution in [-0.2, 0) is 4.79 Å². The smallest absolute Gasteiger partial charge is 0.277 e. The minimum atomic E-state index is -0.222. The van der Waals surface area contributed by atoms with Crippen LogP contribution in [0.5, 0.6) is 17.2 Å². The lowest BCUT2D eigenvalue weighted by molar-refractivity contribution is -0.113. The van der Waals surface area contributed by atoms with Crippen LogP contribution in [0.25, 0.3) is 11.5 Å². The largest absolute Gasteiger partial charge is 0.494 e. The lowest BCUT2D eigenvalue weighted by Crippen LogP contribution is -2.15. The van der Waals surface area contributed by atoms with E-state index in [-0.39, 0.29) is 11.7 Å². The quantitative estimate of drug-likeness (QED) is 0.427. The molecule has 8 nitrogen and oxygen atoms in total. The predicted molar refractivity (Wildman–Crippen MR) is 119 cm³/mol. The summed E-state index contributed by atoms with van der Waals surface area (Å²) in [4.78, 5) is 12.5. The Labute approximate surface area is 185 Å². The molecule has 0 spiro atoms. The highest BCUT2D eigenvalue weighted by Gasteiger charge is 2.14. The van der Waals surface area contributed by atoms with E-state index in [9.17, 15) is 4.79 Å². The molecule has 9 heteroatoms. The standard InChI is InChI=1S/C22H25N3O5S/c1-4-27-16-9-7-15(8-10-16)21-24-25-22(30-21)31-14-20(26)23-18-13-17(28-5-2)11-12-19(18)29-6-3/h7-13H,4-6,14H2,1-3H3,(H,23,26). The van der Waals surface area contributed by atoms with Crippen LogP contribution in [0, 0.1) is 0 Å². The molecule has 2 aromatic carbocycles. The number of rotatable bonds is 11. The number of carbonyl (C=O) groups is 1. The zero-order chi connectivity index (χ0) is 22.1. The molecule has 1 heterocycles. The summed E-state index contributed by atoms with van der Waals surface area (Å²) in [5, 5.41) is 11.2. The molecule has 0 aliphatic heterocycles. The first-order valence-corrected chi connectivity index (χ1v) is 11.0. The summed E-state index contributed by atoms with van der Waals surface area (Å²) in [5.74, 6) is 2.28. The van der Waals surface area contributed by atoms with Gasteiger partial charge in [-0.1, -0.05) is 11.8 Å². The van der Waals surface area contributed by atoms with Crippen molar-refractivity contribution in [1.82, 2.24) is 10.2 Å². The second-order valence-corrected chi connectivity index (χ2v) is 7.12. The first-order valence-electron chi connectivity index (χ1n) is 10.0. The third kappa shape index (κ3) is 6.39. The van der Waals surface area contributed by atoms with Gasteiger partial charge in [0.1, 0.15) is 17.2 Å². The van der Waals surface area contributed by atoms with Crippen LogP contribution in [0.1, 0.15) is 20.8 Å². The Balaban J connectivity index is 1.59. The van der Waals surface area contributed by atoms with E-state index in [1.807, 2.05) is 45.0 Å². The van der Waals surface area contributed by atoms with E-state index in [1.165, 1.54) is 0 Å². The van der Waals surface area contributed by atoms with Gasteiger partial charge in [0, 0.05) is 11.6 Å². The van der Waals surface area contributed by atoms with Gasteiger partial charge in [-0.15, -0.1) is 10.2 Å². The molecule has 1 amide bonds. The minimum absolute atomic E-state index is 0.106. The van der Waals surface area contributed by atoms with Gasteiger partial charge in [0.25, 0.3) is 5.22 Å². The molecular formula is C22H25N3O5S. The van der Waals surface area contributed by atoms with Crippen LogP contribution < -0.4 is 19.5 Å². The van der Waals surface area contributed by atoms with Gasteiger partial charge in [-0.3, -0.25) is 4.79 Å². The summed E-state index contributed by atoms with van der Waals surface area (Å²) >= 11 is 1.16. The maximum atomic E-state index is 12.5. The molecule has 1 N–H and O–H groups in total. The van der Waals surface area contributed by atoms with Gasteiger partial charge >= 0.3 is 0 Å². The summed E-state index contributed by atoms with van der Waals surface area (Å²) < 4.78 is 22.2. The van der Waals surface area contributed by atoms with Crippen LogP contribution in [0.3, 0.4) is 0 Å². The van der Waals surface area contributed by atoms with E-state index in [4.69, 9.17) is 18.6 Å². The van der Waals surface area contributed by atoms with E-state index in [0.717, 1.165) is 23.1 Å². The Morgan fingerprint density at radius 2 is 1.61 bits per heavy atom. The van der Waals surface area contributed by atoms with Crippen LogP contribution >= 0.6 is 11.8 Å². The second-order valence-electron chi connectivity index (χ2n) is 6.19. The number of amides is 1. The van der Waals surface area contributed by atoms with Crippen molar-refractivity contribution in [3.63, 3.8) is 0 Å². The van der Waals surface area contributed by atoms with Crippen molar-refractivity contribution in [3.05, 3.63) is 42.5 Å². The molecule has 1 aromatic heterocycles. The molecule has 3 aromatic rings. The van der Waals surface area contributed by atoms with E-state index >= 15 is 0 Å². The molecule has 0 atom stereocenters. The molecule has 0 saturated heterocycles. The van der Waals surface area contributed by atoms with Crippen molar-refractivity contribution in [2.45, 2.75) is 26.0 Å². The molecule has 3 rings (SSSR count). The van der Waals surface area contributed by atoms with Gasteiger partial charge in [0.2, 0.25) is 11.8 Å². The van der Waals surface area contributed by atoms with Crippen LogP contribution in [0.4, 0.5) is 5.69 Å². The fraction of sp³-hybridized carbons (Fsp3) is 0.318. The van der Waals surface area contributed by atoms with E-state index in [0.29, 0.717) is 48.1 Å². The van der Waals surface area contributed by atoms with Crippen LogP contribution in [0.15, 0.2) is 52.1 Å². The molecule has 0 bridgehead atoms. The van der Waals surface area contributed by atoms with Crippen molar-refractivity contribution in [1.29, 1.82) is 0 Å². The lowest BCUT2D eigenvalue weighted by atomic mass is 10.2. The normalized spacial score (nSPS) is 10.5. The average molecular weight is 444 g/mol. The maximum Gasteiger partial charge on any atom is 0.277 e. The Morgan fingerprint density at radius 3 is 2.32 bits per heavy atom. The number of hydrogen-bond donors (Lipinski definition) is 1. The van der Waals surface area contributed by atoms with Gasteiger partial charge in [0.15, 0.2) is 0 Å². The highest BCUT2D eigenvalue weighted by Crippen LogP contribution is 2.30. The number of benzene rings is 2. The van der Waals surface area contributed by atoms with Gasteiger partial charge in [-0.05, 0) is 57.2 Å². The van der Waals surface area contributed by atoms with Crippen molar-refractivity contribution < 1.29 is 23.4 Å². The molecule has 31 heavy (non-hydrogen) atoms. The van der Waals surface area contributed by atoms with Crippen LogP contribution in [0.2, 0.25) is 0 Å². The lowest BCUT2D eigenvalue weighted by Gasteiger charge is -2.13. The number of aromatic nitrogens is 2. The summed E-state index contributed by atoms with van der Waals surface area (Å²) in [6.45, 7) is 7.34. The molecular weight excluding hydrogens is 418 g/mol. The highest BCUT2D eigenvalue weighted by atomic mass is 32.2. The topological polar surface area (TPSA) is 95.7 Å². The summed E-state index contributed by atoms with van der Waals surface area (Å²) in [7, 11) is 0. The molecule has 0 saturated carbocycles. The molecule has 0 radical (unpaired) electrons. The third-order valence-electron chi connectivity index (χ3n) is 3.98. The second kappa shape index (κ2) is 11.3. The fourth-order valence-corrected chi connectivity index (χ4v) is 3.27. The predicted octanol–water partition coefficient (Wildman–Crippen LogP) is 4.66. The van der Waals surface area contributed by atoms with Crippen molar-refractivity contribution >= 4 is 23.4 Å². The fourth-order valence-electron chi connectivity index (χ4n) is 2.70. The first-order chi connectivity index (χ1) is 15.1. The van der Waals surface area contributed by atoms with Crippen LogP contribution in [-0.4, -0.2) is 41.7 Å². The van der Waals surface area contributed by atoms with Gasteiger partial charge in [-0.2, -0.15) is 0 Å². The van der Waals surface area contributed by atoms with E-state index in [2.05, 4.69) is 15.5 Å². The first kappa shape index (κ1) is 22.5. The molecule has 0 aliphatic carbocycles. The molecule has 164 valence electrons. The van der Waals surface area contributed by atoms with E-state index in [1.54, 1.807) is 18.2 Å². The zero-order valence-corrected chi connectivity index (χ0v) is 18.5. The van der Waals surface area contributed by atoms with Crippen molar-refractivity contribution in [2.75, 3.05) is 30.9 Å². The summed E-state index contributed by atoms with van der Waals surface area (Å²) in [6.07, 6.45) is 0. The number of thioether (sulfide) groups is 1. The monoisotopic (exact) mass is 443 g/mol. The van der Waals surface area contributed by atoms with Gasteiger partial charge < -0.3 is 23.9 Å². The zero-order valence-electron chi connectivity index (χ0n) is 17.7.